The lowest BCUT2D eigenvalue weighted by Gasteiger charge is -2.20. The van der Waals surface area contributed by atoms with E-state index in [0.29, 0.717) is 13.0 Å². The van der Waals surface area contributed by atoms with Gasteiger partial charge >= 0.3 is 0 Å². The Labute approximate surface area is 228 Å². The van der Waals surface area contributed by atoms with Crippen LogP contribution in [0.4, 0.5) is 17.1 Å². The number of ether oxygens (including phenoxy) is 1. The van der Waals surface area contributed by atoms with E-state index in [-0.39, 0.29) is 67.6 Å². The van der Waals surface area contributed by atoms with Gasteiger partial charge in [-0.1, -0.05) is 47.5 Å². The third-order valence-corrected chi connectivity index (χ3v) is 6.63. The van der Waals surface area contributed by atoms with Gasteiger partial charge in [-0.3, -0.25) is 19.0 Å². The van der Waals surface area contributed by atoms with Crippen molar-refractivity contribution in [3.8, 4) is 5.88 Å². The van der Waals surface area contributed by atoms with Crippen LogP contribution in [0.2, 0.25) is 10.0 Å². The number of carbonyl (C=O) groups is 2. The Morgan fingerprint density at radius 3 is 2.24 bits per heavy atom. The fourth-order valence-electron chi connectivity index (χ4n) is 4.19. The van der Waals surface area contributed by atoms with Gasteiger partial charge in [0.25, 0.3) is 5.56 Å². The van der Waals surface area contributed by atoms with Crippen LogP contribution in [0.5, 0.6) is 5.88 Å². The average molecular weight is 553 g/mol. The highest BCUT2D eigenvalue weighted by Gasteiger charge is 2.35. The van der Waals surface area contributed by atoms with Crippen LogP contribution in [0, 0.1) is 13.5 Å². The van der Waals surface area contributed by atoms with Crippen LogP contribution in [0.25, 0.3) is 4.85 Å². The van der Waals surface area contributed by atoms with Gasteiger partial charge in [-0.2, -0.15) is 0 Å². The number of halogens is 2. The molecule has 1 aromatic heterocycles. The van der Waals surface area contributed by atoms with Crippen LogP contribution >= 0.6 is 23.2 Å². The molecule has 0 radical (unpaired) electrons. The van der Waals surface area contributed by atoms with E-state index in [2.05, 4.69) is 15.1 Å². The molecule has 4 rings (SSSR count). The maximum absolute atomic E-state index is 13.4. The second kappa shape index (κ2) is 10.9. The monoisotopic (exact) mass is 552 g/mol. The molecule has 3 aromatic rings. The summed E-state index contributed by atoms with van der Waals surface area (Å²) < 4.78 is 6.52. The van der Waals surface area contributed by atoms with Gasteiger partial charge in [0.05, 0.1) is 33.8 Å². The number of aromatic nitrogens is 1. The Hall–Kier alpha value is -3.84. The maximum atomic E-state index is 13.4. The lowest BCUT2D eigenvalue weighted by Crippen LogP contribution is -2.22. The molecular weight excluding hydrogens is 531 g/mol. The quantitative estimate of drug-likeness (QED) is 0.155. The number of pyridine rings is 1. The van der Waals surface area contributed by atoms with E-state index < -0.39 is 23.0 Å². The molecule has 0 bridgehead atoms. The Bertz CT molecular complexity index is 1620. The van der Waals surface area contributed by atoms with Crippen molar-refractivity contribution in [2.24, 2.45) is 10.2 Å². The van der Waals surface area contributed by atoms with E-state index >= 15 is 0 Å². The van der Waals surface area contributed by atoms with Crippen molar-refractivity contribution in [1.29, 1.82) is 0 Å². The van der Waals surface area contributed by atoms with E-state index in [4.69, 9.17) is 34.5 Å². The normalized spacial score (nSPS) is 12.7. The van der Waals surface area contributed by atoms with E-state index in [0.717, 1.165) is 4.57 Å². The summed E-state index contributed by atoms with van der Waals surface area (Å²) in [4.78, 5) is 43.2. The predicted octanol–water partition coefficient (Wildman–Crippen LogP) is 6.73. The van der Waals surface area contributed by atoms with Gasteiger partial charge in [-0.25, -0.2) is 4.85 Å². The maximum Gasteiger partial charge on any atom is 0.279 e. The third kappa shape index (κ3) is 4.74. The summed E-state index contributed by atoms with van der Waals surface area (Å²) in [6, 6.07) is 7.61. The zero-order valence-corrected chi connectivity index (χ0v) is 22.2. The summed E-state index contributed by atoms with van der Waals surface area (Å²) in [6.07, 6.45) is 0.396. The molecule has 0 aliphatic heterocycles. The molecule has 0 unspecified atom stereocenters. The van der Waals surface area contributed by atoms with Gasteiger partial charge in [-0.15, -0.1) is 10.2 Å². The van der Waals surface area contributed by atoms with Crippen molar-refractivity contribution in [3.05, 3.63) is 90.0 Å². The molecule has 0 amide bonds. The Kier molecular flexibility index (Phi) is 7.78. The lowest BCUT2D eigenvalue weighted by molar-refractivity contribution is 0.0744. The molecule has 194 valence electrons. The number of nitrogens with zero attached hydrogens (tertiary/aromatic N) is 4. The first-order chi connectivity index (χ1) is 18.1. The molecule has 2 aromatic carbocycles. The molecule has 11 heteroatoms. The topological polar surface area (TPSA) is 115 Å². The summed E-state index contributed by atoms with van der Waals surface area (Å²) in [6.45, 7) is 13.1. The van der Waals surface area contributed by atoms with Crippen LogP contribution in [0.3, 0.4) is 0 Å². The molecule has 1 heterocycles. The summed E-state index contributed by atoms with van der Waals surface area (Å²) in [5.41, 5.74) is -0.893. The van der Waals surface area contributed by atoms with Crippen LogP contribution < -0.4 is 5.56 Å². The average Bonchev–Trinajstić information content (AvgIpc) is 2.87. The molecule has 1 aliphatic rings. The van der Waals surface area contributed by atoms with Gasteiger partial charge < -0.3 is 9.84 Å². The SMILES string of the molecule is [C-]#[N+]c1c(C)c(N=Nc2c(Cl)cc(Cl)c3c2C(=O)c2ccccc2C3=O)c(=O)n(CCCOC(C)C)c1O. The van der Waals surface area contributed by atoms with Crippen molar-refractivity contribution >= 4 is 51.8 Å². The van der Waals surface area contributed by atoms with Crippen molar-refractivity contribution in [2.45, 2.75) is 39.8 Å². The first-order valence-electron chi connectivity index (χ1n) is 11.7. The van der Waals surface area contributed by atoms with Crippen molar-refractivity contribution in [1.82, 2.24) is 4.57 Å². The molecule has 0 spiro atoms. The number of carbonyl (C=O) groups excluding carboxylic acids is 2. The number of hydrogen-bond donors (Lipinski definition) is 1. The van der Waals surface area contributed by atoms with Gasteiger partial charge in [0, 0.05) is 24.3 Å². The minimum atomic E-state index is -0.688. The van der Waals surface area contributed by atoms with E-state index in [1.807, 2.05) is 13.8 Å². The number of rotatable bonds is 7. The van der Waals surface area contributed by atoms with Crippen molar-refractivity contribution < 1.29 is 19.4 Å². The molecule has 0 fully saturated rings. The van der Waals surface area contributed by atoms with Crippen LogP contribution in [-0.4, -0.2) is 34.0 Å². The van der Waals surface area contributed by atoms with Gasteiger partial charge in [0.2, 0.25) is 5.69 Å². The first-order valence-corrected chi connectivity index (χ1v) is 12.4. The van der Waals surface area contributed by atoms with Crippen LogP contribution in [-0.2, 0) is 11.3 Å². The van der Waals surface area contributed by atoms with Crippen LogP contribution in [0.15, 0.2) is 45.4 Å². The van der Waals surface area contributed by atoms with Crippen LogP contribution in [0.1, 0.15) is 57.7 Å². The summed E-state index contributed by atoms with van der Waals surface area (Å²) in [7, 11) is 0. The third-order valence-electron chi connectivity index (χ3n) is 6.04. The molecule has 0 saturated carbocycles. The number of azo groups is 1. The highest BCUT2D eigenvalue weighted by molar-refractivity contribution is 6.43. The number of ketones is 2. The molecule has 1 N–H and O–H groups in total. The Balaban J connectivity index is 1.84. The van der Waals surface area contributed by atoms with Gasteiger partial charge in [0.1, 0.15) is 11.4 Å². The minimum absolute atomic E-state index is 0.00175. The van der Waals surface area contributed by atoms with E-state index in [1.165, 1.54) is 25.1 Å². The molecule has 1 aliphatic carbocycles. The van der Waals surface area contributed by atoms with E-state index in [9.17, 15) is 19.5 Å². The lowest BCUT2D eigenvalue weighted by atomic mass is 9.83. The molecule has 0 saturated heterocycles. The predicted molar refractivity (Wildman–Crippen MR) is 143 cm³/mol. The molecule has 9 nitrogen and oxygen atoms in total. The largest absolute Gasteiger partial charge is 0.503 e. The van der Waals surface area contributed by atoms with Crippen molar-refractivity contribution in [3.63, 3.8) is 0 Å². The zero-order valence-electron chi connectivity index (χ0n) is 20.7. The fraction of sp³-hybridized carbons (Fsp3) is 0.259. The van der Waals surface area contributed by atoms with Crippen molar-refractivity contribution in [2.75, 3.05) is 6.61 Å². The molecule has 38 heavy (non-hydrogen) atoms. The van der Waals surface area contributed by atoms with E-state index in [1.54, 1.807) is 12.1 Å². The summed E-state index contributed by atoms with van der Waals surface area (Å²) >= 11 is 12.7. The smallest absolute Gasteiger partial charge is 0.279 e. The highest BCUT2D eigenvalue weighted by Crippen LogP contribution is 2.43. The number of aromatic hydroxyl groups is 1. The second-order valence-electron chi connectivity index (χ2n) is 8.83. The molecular formula is C27H22Cl2N4O5. The number of hydrogen-bond acceptors (Lipinski definition) is 7. The minimum Gasteiger partial charge on any atom is -0.503 e. The zero-order chi connectivity index (χ0) is 27.7. The van der Waals surface area contributed by atoms with Gasteiger partial charge in [-0.05, 0) is 38.8 Å². The summed E-state index contributed by atoms with van der Waals surface area (Å²) in [5.74, 6) is -1.46. The first kappa shape index (κ1) is 27.2. The second-order valence-corrected chi connectivity index (χ2v) is 9.64. The fourth-order valence-corrected chi connectivity index (χ4v) is 4.78. The highest BCUT2D eigenvalue weighted by atomic mass is 35.5. The number of fused-ring (bicyclic) bond motifs is 2. The molecule has 0 atom stereocenters. The Morgan fingerprint density at radius 2 is 1.63 bits per heavy atom. The standard InChI is InChI=1S/C27H22Cl2N4O5/c1-13(2)38-11-7-10-33-26(36)21(30-4)14(3)22(27(33)37)31-32-23-18(29)12-17(28)19-20(23)25(35)16-9-6-5-8-15(16)24(19)34/h5-6,8-9,12-13,36H,7,10-11H2,1-3H3. The summed E-state index contributed by atoms with van der Waals surface area (Å²) in [5, 5.41) is 18.7. The number of benzene rings is 2. The van der Waals surface area contributed by atoms with Gasteiger partial charge in [0.15, 0.2) is 17.4 Å². The Morgan fingerprint density at radius 1 is 1.03 bits per heavy atom.